The van der Waals surface area contributed by atoms with E-state index in [1.165, 1.54) is 0 Å². The van der Waals surface area contributed by atoms with Gasteiger partial charge in [0.15, 0.2) is 0 Å². The van der Waals surface area contributed by atoms with Crippen molar-refractivity contribution in [3.05, 3.63) is 66.6 Å². The van der Waals surface area contributed by atoms with Crippen LogP contribution in [0.2, 0.25) is 0 Å². The van der Waals surface area contributed by atoms with Gasteiger partial charge in [-0.1, -0.05) is 41.6 Å². The molecule has 0 fully saturated rings. The monoisotopic (exact) mass is 236 g/mol. The summed E-state index contributed by atoms with van der Waals surface area (Å²) in [5.41, 5.74) is 3.08. The molecule has 0 radical (unpaired) electrons. The van der Waals surface area contributed by atoms with E-state index in [2.05, 4.69) is 15.3 Å². The SMILES string of the molecule is c1ccc(-c2cn(Cc3cccnc3)nn2)cc1. The number of pyridine rings is 1. The van der Waals surface area contributed by atoms with Crippen molar-refractivity contribution < 1.29 is 0 Å². The smallest absolute Gasteiger partial charge is 0.113 e. The van der Waals surface area contributed by atoms with Crippen molar-refractivity contribution in [1.82, 2.24) is 20.0 Å². The van der Waals surface area contributed by atoms with E-state index >= 15 is 0 Å². The Morgan fingerprint density at radius 1 is 1.00 bits per heavy atom. The van der Waals surface area contributed by atoms with Crippen LogP contribution in [0.3, 0.4) is 0 Å². The van der Waals surface area contributed by atoms with E-state index in [9.17, 15) is 0 Å². The molecule has 0 N–H and O–H groups in total. The highest BCUT2D eigenvalue weighted by atomic mass is 15.4. The van der Waals surface area contributed by atoms with Crippen molar-refractivity contribution in [2.45, 2.75) is 6.54 Å². The van der Waals surface area contributed by atoms with Crippen LogP contribution in [-0.4, -0.2) is 20.0 Å². The zero-order chi connectivity index (χ0) is 12.2. The Morgan fingerprint density at radius 3 is 2.67 bits per heavy atom. The maximum Gasteiger partial charge on any atom is 0.113 e. The molecule has 0 saturated carbocycles. The lowest BCUT2D eigenvalue weighted by molar-refractivity contribution is 0.648. The Hall–Kier alpha value is -2.49. The average Bonchev–Trinajstić information content (AvgIpc) is 2.89. The minimum absolute atomic E-state index is 0.688. The van der Waals surface area contributed by atoms with E-state index in [0.29, 0.717) is 6.54 Å². The number of hydrogen-bond donors (Lipinski definition) is 0. The number of rotatable bonds is 3. The molecule has 0 amide bonds. The molecule has 88 valence electrons. The van der Waals surface area contributed by atoms with Gasteiger partial charge in [-0.3, -0.25) is 4.98 Å². The van der Waals surface area contributed by atoms with Crippen LogP contribution in [0, 0.1) is 0 Å². The second-order valence-electron chi connectivity index (χ2n) is 4.03. The van der Waals surface area contributed by atoms with Gasteiger partial charge >= 0.3 is 0 Å². The van der Waals surface area contributed by atoms with Crippen molar-refractivity contribution in [1.29, 1.82) is 0 Å². The zero-order valence-corrected chi connectivity index (χ0v) is 9.77. The van der Waals surface area contributed by atoms with Crippen molar-refractivity contribution in [3.63, 3.8) is 0 Å². The third-order valence-corrected chi connectivity index (χ3v) is 2.68. The molecule has 0 aliphatic heterocycles. The molecule has 4 heteroatoms. The standard InChI is InChI=1S/C14H12N4/c1-2-6-13(7-3-1)14-11-18(17-16-14)10-12-5-4-8-15-9-12/h1-9,11H,10H2. The first-order chi connectivity index (χ1) is 8.92. The summed E-state index contributed by atoms with van der Waals surface area (Å²) in [5, 5.41) is 8.30. The number of hydrogen-bond acceptors (Lipinski definition) is 3. The van der Waals surface area contributed by atoms with E-state index in [0.717, 1.165) is 16.8 Å². The van der Waals surface area contributed by atoms with Crippen LogP contribution in [0.25, 0.3) is 11.3 Å². The second kappa shape index (κ2) is 4.79. The molecule has 3 aromatic rings. The van der Waals surface area contributed by atoms with E-state index in [4.69, 9.17) is 0 Å². The molecule has 0 bridgehead atoms. The lowest BCUT2D eigenvalue weighted by Crippen LogP contribution is -2.00. The van der Waals surface area contributed by atoms with Crippen molar-refractivity contribution >= 4 is 0 Å². The molecule has 2 aromatic heterocycles. The molecule has 0 aliphatic rings. The summed E-state index contributed by atoms with van der Waals surface area (Å²) in [6.45, 7) is 0.688. The van der Waals surface area contributed by atoms with Gasteiger partial charge in [0.2, 0.25) is 0 Å². The molecule has 3 rings (SSSR count). The minimum atomic E-state index is 0.688. The summed E-state index contributed by atoms with van der Waals surface area (Å²) in [5.74, 6) is 0. The summed E-state index contributed by atoms with van der Waals surface area (Å²) >= 11 is 0. The van der Waals surface area contributed by atoms with Crippen LogP contribution < -0.4 is 0 Å². The van der Waals surface area contributed by atoms with Crippen molar-refractivity contribution in [2.24, 2.45) is 0 Å². The molecule has 0 aliphatic carbocycles. The van der Waals surface area contributed by atoms with E-state index in [1.54, 1.807) is 6.20 Å². The van der Waals surface area contributed by atoms with Gasteiger partial charge in [-0.2, -0.15) is 0 Å². The lowest BCUT2D eigenvalue weighted by Gasteiger charge is -1.98. The Bertz CT molecular complexity index is 617. The van der Waals surface area contributed by atoms with E-state index in [-0.39, 0.29) is 0 Å². The number of benzene rings is 1. The lowest BCUT2D eigenvalue weighted by atomic mass is 10.2. The number of aromatic nitrogens is 4. The van der Waals surface area contributed by atoms with Gasteiger partial charge in [0.1, 0.15) is 5.69 Å². The summed E-state index contributed by atoms with van der Waals surface area (Å²) in [6.07, 6.45) is 5.55. The highest BCUT2D eigenvalue weighted by Crippen LogP contribution is 2.15. The summed E-state index contributed by atoms with van der Waals surface area (Å²) in [7, 11) is 0. The molecule has 0 atom stereocenters. The molecule has 1 aromatic carbocycles. The highest BCUT2D eigenvalue weighted by molar-refractivity contribution is 5.57. The molecular formula is C14H12N4. The maximum absolute atomic E-state index is 4.18. The maximum atomic E-state index is 4.18. The Kier molecular flexibility index (Phi) is 2.84. The van der Waals surface area contributed by atoms with E-state index < -0.39 is 0 Å². The fourth-order valence-corrected chi connectivity index (χ4v) is 1.80. The van der Waals surface area contributed by atoms with Crippen LogP contribution in [-0.2, 0) is 6.54 Å². The predicted molar refractivity (Wildman–Crippen MR) is 68.8 cm³/mol. The van der Waals surface area contributed by atoms with Gasteiger partial charge in [0.25, 0.3) is 0 Å². The summed E-state index contributed by atoms with van der Waals surface area (Å²) in [4.78, 5) is 4.08. The van der Waals surface area contributed by atoms with Gasteiger partial charge < -0.3 is 0 Å². The quantitative estimate of drug-likeness (QED) is 0.701. The normalized spacial score (nSPS) is 10.4. The van der Waals surface area contributed by atoms with Crippen molar-refractivity contribution in [3.8, 4) is 11.3 Å². The molecule has 0 saturated heterocycles. The van der Waals surface area contributed by atoms with Gasteiger partial charge in [-0.05, 0) is 11.6 Å². The van der Waals surface area contributed by atoms with Crippen LogP contribution >= 0.6 is 0 Å². The molecule has 0 unspecified atom stereocenters. The average molecular weight is 236 g/mol. The van der Waals surface area contributed by atoms with E-state index in [1.807, 2.05) is 59.5 Å². The van der Waals surface area contributed by atoms with Gasteiger partial charge in [-0.15, -0.1) is 5.10 Å². The first-order valence-corrected chi connectivity index (χ1v) is 5.76. The molecule has 4 nitrogen and oxygen atoms in total. The first-order valence-electron chi connectivity index (χ1n) is 5.76. The topological polar surface area (TPSA) is 43.6 Å². The third kappa shape index (κ3) is 2.27. The van der Waals surface area contributed by atoms with Gasteiger partial charge in [0, 0.05) is 18.0 Å². The largest absolute Gasteiger partial charge is 0.264 e. The fraction of sp³-hybridized carbons (Fsp3) is 0.0714. The number of nitrogens with zero attached hydrogens (tertiary/aromatic N) is 4. The van der Waals surface area contributed by atoms with Crippen LogP contribution in [0.15, 0.2) is 61.1 Å². The summed E-state index contributed by atoms with van der Waals surface area (Å²) in [6, 6.07) is 14.0. The minimum Gasteiger partial charge on any atom is -0.264 e. The first kappa shape index (κ1) is 10.7. The summed E-state index contributed by atoms with van der Waals surface area (Å²) < 4.78 is 1.82. The molecule has 18 heavy (non-hydrogen) atoms. The van der Waals surface area contributed by atoms with Gasteiger partial charge in [0.05, 0.1) is 12.7 Å². The highest BCUT2D eigenvalue weighted by Gasteiger charge is 2.03. The second-order valence-corrected chi connectivity index (χ2v) is 4.03. The Balaban J connectivity index is 1.82. The third-order valence-electron chi connectivity index (χ3n) is 2.68. The zero-order valence-electron chi connectivity index (χ0n) is 9.77. The Labute approximate surface area is 105 Å². The van der Waals surface area contributed by atoms with Crippen molar-refractivity contribution in [2.75, 3.05) is 0 Å². The predicted octanol–water partition coefficient (Wildman–Crippen LogP) is 2.39. The van der Waals surface area contributed by atoms with Crippen LogP contribution in [0.5, 0.6) is 0 Å². The molecule has 0 spiro atoms. The van der Waals surface area contributed by atoms with Gasteiger partial charge in [-0.25, -0.2) is 4.68 Å². The Morgan fingerprint density at radius 2 is 1.89 bits per heavy atom. The van der Waals surface area contributed by atoms with Crippen LogP contribution in [0.4, 0.5) is 0 Å². The fourth-order valence-electron chi connectivity index (χ4n) is 1.80. The molecule has 2 heterocycles. The van der Waals surface area contributed by atoms with Crippen LogP contribution in [0.1, 0.15) is 5.56 Å². The molecular weight excluding hydrogens is 224 g/mol.